The van der Waals surface area contributed by atoms with Gasteiger partial charge >= 0.3 is 0 Å². The van der Waals surface area contributed by atoms with Gasteiger partial charge in [-0.2, -0.15) is 11.8 Å². The lowest BCUT2D eigenvalue weighted by Gasteiger charge is -2.24. The summed E-state index contributed by atoms with van der Waals surface area (Å²) in [4.78, 5) is 10.7. The van der Waals surface area contributed by atoms with Crippen LogP contribution in [0.15, 0.2) is 6.33 Å². The number of nitrogens with zero attached hydrogens (tertiary/aromatic N) is 3. The second-order valence-electron chi connectivity index (χ2n) is 4.96. The van der Waals surface area contributed by atoms with E-state index < -0.39 is 0 Å². The molecule has 0 saturated carbocycles. The van der Waals surface area contributed by atoms with Crippen molar-refractivity contribution in [3.8, 4) is 0 Å². The van der Waals surface area contributed by atoms with Gasteiger partial charge in [0, 0.05) is 29.2 Å². The monoisotopic (exact) mass is 271 g/mol. The minimum Gasteiger partial charge on any atom is -0.355 e. The van der Waals surface area contributed by atoms with Crippen molar-refractivity contribution < 1.29 is 0 Å². The molecule has 3 nitrogen and oxygen atoms in total. The lowest BCUT2D eigenvalue weighted by atomic mass is 10.1. The molecule has 1 fully saturated rings. The predicted octanol–water partition coefficient (Wildman–Crippen LogP) is 3.16. The van der Waals surface area contributed by atoms with Gasteiger partial charge in [0.2, 0.25) is 0 Å². The van der Waals surface area contributed by atoms with Crippen molar-refractivity contribution in [1.82, 2.24) is 9.97 Å². The smallest absolute Gasteiger partial charge is 0.137 e. The fourth-order valence-electron chi connectivity index (χ4n) is 1.97. The standard InChI is InChI=1S/C12H18ClN3S/c1-9-10(13)14-8-15-11(9)16-5-4-12(2,3)17-7-6-16/h8H,4-7H2,1-3H3. The van der Waals surface area contributed by atoms with Gasteiger partial charge in [0.05, 0.1) is 0 Å². The molecule has 0 N–H and O–H groups in total. The molecule has 5 heteroatoms. The van der Waals surface area contributed by atoms with Crippen LogP contribution in [0.4, 0.5) is 5.82 Å². The molecule has 1 saturated heterocycles. The Morgan fingerprint density at radius 2 is 2.12 bits per heavy atom. The summed E-state index contributed by atoms with van der Waals surface area (Å²) in [5.41, 5.74) is 0.985. The first kappa shape index (κ1) is 13.0. The molecular weight excluding hydrogens is 254 g/mol. The van der Waals surface area contributed by atoms with Crippen molar-refractivity contribution >= 4 is 29.2 Å². The Kier molecular flexibility index (Phi) is 3.83. The predicted molar refractivity (Wildman–Crippen MR) is 75.1 cm³/mol. The Bertz CT molecular complexity index is 409. The van der Waals surface area contributed by atoms with E-state index >= 15 is 0 Å². The van der Waals surface area contributed by atoms with Crippen LogP contribution in [0.1, 0.15) is 25.8 Å². The number of halogens is 1. The zero-order valence-corrected chi connectivity index (χ0v) is 12.1. The minimum atomic E-state index is 0.361. The zero-order chi connectivity index (χ0) is 12.5. The maximum atomic E-state index is 6.05. The lowest BCUT2D eigenvalue weighted by molar-refractivity contribution is 0.634. The van der Waals surface area contributed by atoms with Crippen LogP contribution in [0.5, 0.6) is 0 Å². The highest BCUT2D eigenvalue weighted by atomic mass is 35.5. The summed E-state index contributed by atoms with van der Waals surface area (Å²) in [5.74, 6) is 2.12. The van der Waals surface area contributed by atoms with E-state index in [4.69, 9.17) is 11.6 Å². The van der Waals surface area contributed by atoms with E-state index in [1.807, 2.05) is 18.7 Å². The van der Waals surface area contributed by atoms with E-state index in [0.29, 0.717) is 9.90 Å². The number of hydrogen-bond donors (Lipinski definition) is 0. The minimum absolute atomic E-state index is 0.361. The molecule has 0 atom stereocenters. The topological polar surface area (TPSA) is 29.0 Å². The van der Waals surface area contributed by atoms with Gasteiger partial charge in [-0.25, -0.2) is 9.97 Å². The number of rotatable bonds is 1. The van der Waals surface area contributed by atoms with Crippen LogP contribution in [0.2, 0.25) is 5.15 Å². The SMILES string of the molecule is Cc1c(Cl)ncnc1N1CCSC(C)(C)CC1. The average molecular weight is 272 g/mol. The summed E-state index contributed by atoms with van der Waals surface area (Å²) in [5, 5.41) is 0.561. The molecule has 1 aliphatic heterocycles. The molecule has 17 heavy (non-hydrogen) atoms. The largest absolute Gasteiger partial charge is 0.355 e. The fraction of sp³-hybridized carbons (Fsp3) is 0.667. The van der Waals surface area contributed by atoms with Crippen molar-refractivity contribution in [2.45, 2.75) is 31.9 Å². The van der Waals surface area contributed by atoms with Crippen molar-refractivity contribution in [3.63, 3.8) is 0 Å². The first-order valence-electron chi connectivity index (χ1n) is 5.86. The Labute approximate surface area is 112 Å². The molecule has 1 aromatic rings. The summed E-state index contributed by atoms with van der Waals surface area (Å²) in [7, 11) is 0. The normalized spacial score (nSPS) is 20.1. The Morgan fingerprint density at radius 3 is 2.88 bits per heavy atom. The van der Waals surface area contributed by atoms with E-state index in [-0.39, 0.29) is 0 Å². The first-order valence-corrected chi connectivity index (χ1v) is 7.22. The highest BCUT2D eigenvalue weighted by molar-refractivity contribution is 8.00. The molecule has 0 bridgehead atoms. The van der Waals surface area contributed by atoms with Crippen LogP contribution < -0.4 is 4.90 Å². The molecule has 0 unspecified atom stereocenters. The molecular formula is C12H18ClN3S. The Morgan fingerprint density at radius 1 is 1.35 bits per heavy atom. The van der Waals surface area contributed by atoms with Crippen LogP contribution in [0.3, 0.4) is 0 Å². The van der Waals surface area contributed by atoms with Gasteiger partial charge in [0.15, 0.2) is 0 Å². The molecule has 1 aliphatic rings. The summed E-state index contributed by atoms with van der Waals surface area (Å²) in [6.45, 7) is 8.67. The van der Waals surface area contributed by atoms with Gasteiger partial charge in [-0.15, -0.1) is 0 Å². The van der Waals surface area contributed by atoms with Crippen LogP contribution in [-0.4, -0.2) is 33.6 Å². The third-order valence-electron chi connectivity index (χ3n) is 3.13. The Balaban J connectivity index is 2.20. The molecule has 2 heterocycles. The van der Waals surface area contributed by atoms with Gasteiger partial charge in [-0.05, 0) is 13.3 Å². The van der Waals surface area contributed by atoms with E-state index in [0.717, 1.165) is 30.2 Å². The molecule has 0 aromatic carbocycles. The molecule has 1 aromatic heterocycles. The van der Waals surface area contributed by atoms with Crippen molar-refractivity contribution in [2.24, 2.45) is 0 Å². The van der Waals surface area contributed by atoms with E-state index in [9.17, 15) is 0 Å². The van der Waals surface area contributed by atoms with E-state index in [2.05, 4.69) is 28.7 Å². The third-order valence-corrected chi connectivity index (χ3v) is 4.89. The van der Waals surface area contributed by atoms with Gasteiger partial charge < -0.3 is 4.90 Å². The van der Waals surface area contributed by atoms with E-state index in [1.54, 1.807) is 6.33 Å². The van der Waals surface area contributed by atoms with Crippen LogP contribution >= 0.6 is 23.4 Å². The molecule has 2 rings (SSSR count). The third kappa shape index (κ3) is 3.05. The molecule has 0 radical (unpaired) electrons. The van der Waals surface area contributed by atoms with E-state index in [1.165, 1.54) is 6.42 Å². The maximum absolute atomic E-state index is 6.05. The molecule has 94 valence electrons. The zero-order valence-electron chi connectivity index (χ0n) is 10.5. The second-order valence-corrected chi connectivity index (χ2v) is 7.12. The number of anilines is 1. The molecule has 0 spiro atoms. The quantitative estimate of drug-likeness (QED) is 0.734. The van der Waals surface area contributed by atoms with Crippen molar-refractivity contribution in [2.75, 3.05) is 23.7 Å². The van der Waals surface area contributed by atoms with Gasteiger partial charge in [-0.3, -0.25) is 0 Å². The lowest BCUT2D eigenvalue weighted by Crippen LogP contribution is -2.28. The summed E-state index contributed by atoms with van der Waals surface area (Å²) < 4.78 is 0.361. The fourth-order valence-corrected chi connectivity index (χ4v) is 3.20. The highest BCUT2D eigenvalue weighted by Crippen LogP contribution is 2.33. The summed E-state index contributed by atoms with van der Waals surface area (Å²) >= 11 is 8.08. The number of hydrogen-bond acceptors (Lipinski definition) is 4. The van der Waals surface area contributed by atoms with Gasteiger partial charge in [-0.1, -0.05) is 25.4 Å². The van der Waals surface area contributed by atoms with Crippen molar-refractivity contribution in [1.29, 1.82) is 0 Å². The van der Waals surface area contributed by atoms with Crippen molar-refractivity contribution in [3.05, 3.63) is 17.0 Å². The average Bonchev–Trinajstić information content (AvgIpc) is 2.44. The van der Waals surface area contributed by atoms with Crippen LogP contribution in [0, 0.1) is 6.92 Å². The summed E-state index contributed by atoms with van der Waals surface area (Å²) in [6.07, 6.45) is 2.71. The van der Waals surface area contributed by atoms with Crippen LogP contribution in [0.25, 0.3) is 0 Å². The van der Waals surface area contributed by atoms with Gasteiger partial charge in [0.25, 0.3) is 0 Å². The second kappa shape index (κ2) is 5.02. The number of thioether (sulfide) groups is 1. The summed E-state index contributed by atoms with van der Waals surface area (Å²) in [6, 6.07) is 0. The maximum Gasteiger partial charge on any atom is 0.137 e. The molecule has 0 amide bonds. The molecule has 0 aliphatic carbocycles. The van der Waals surface area contributed by atoms with Crippen LogP contribution in [-0.2, 0) is 0 Å². The van der Waals surface area contributed by atoms with Gasteiger partial charge in [0.1, 0.15) is 17.3 Å². The highest BCUT2D eigenvalue weighted by Gasteiger charge is 2.25. The first-order chi connectivity index (χ1) is 7.99. The number of aromatic nitrogens is 2. The Hall–Kier alpha value is -0.480.